The normalized spacial score (nSPS) is 10.9. The van der Waals surface area contributed by atoms with Crippen LogP contribution in [0.25, 0.3) is 0 Å². The van der Waals surface area contributed by atoms with Crippen LogP contribution in [-0.4, -0.2) is 16.8 Å². The van der Waals surface area contributed by atoms with Gasteiger partial charge in [0, 0.05) is 24.3 Å². The summed E-state index contributed by atoms with van der Waals surface area (Å²) < 4.78 is 2.13. The molecule has 0 atom stereocenters. The molecule has 1 heterocycles. The lowest BCUT2D eigenvalue weighted by molar-refractivity contribution is 0.616. The second-order valence-electron chi connectivity index (χ2n) is 3.43. The molecule has 0 aliphatic carbocycles. The molecule has 0 amide bonds. The van der Waals surface area contributed by atoms with Gasteiger partial charge in [0.05, 0.1) is 5.69 Å². The number of aryl methyl sites for hydroxylation is 2. The highest BCUT2D eigenvalue weighted by atomic mass is 15.3. The topological polar surface area (TPSA) is 29.9 Å². The summed E-state index contributed by atoms with van der Waals surface area (Å²) in [6.07, 6.45) is 2.09. The van der Waals surface area contributed by atoms with Gasteiger partial charge in [0.2, 0.25) is 0 Å². The largest absolute Gasteiger partial charge is 0.316 e. The third-order valence-electron chi connectivity index (χ3n) is 2.57. The van der Waals surface area contributed by atoms with Crippen LogP contribution in [0.4, 0.5) is 0 Å². The van der Waals surface area contributed by atoms with Gasteiger partial charge in [0.15, 0.2) is 0 Å². The predicted octanol–water partition coefficient (Wildman–Crippen LogP) is 1.75. The standard InChI is InChI=1S/C11H21N3/c1-5-10-9(8-12-4)11(6-2)14(7-3)13-10/h12H,5-8H2,1-4H3. The molecule has 3 nitrogen and oxygen atoms in total. The van der Waals surface area contributed by atoms with Crippen LogP contribution in [0.2, 0.25) is 0 Å². The zero-order valence-electron chi connectivity index (χ0n) is 9.72. The molecule has 1 aromatic rings. The lowest BCUT2D eigenvalue weighted by Gasteiger charge is -2.04. The maximum Gasteiger partial charge on any atom is 0.0669 e. The molecule has 0 aliphatic rings. The molecule has 0 radical (unpaired) electrons. The molecule has 0 aliphatic heterocycles. The van der Waals surface area contributed by atoms with E-state index in [1.54, 1.807) is 0 Å². The monoisotopic (exact) mass is 195 g/mol. The van der Waals surface area contributed by atoms with Crippen molar-refractivity contribution in [2.45, 2.75) is 46.7 Å². The summed E-state index contributed by atoms with van der Waals surface area (Å²) in [5.74, 6) is 0. The van der Waals surface area contributed by atoms with Crippen molar-refractivity contribution >= 4 is 0 Å². The average Bonchev–Trinajstić information content (AvgIpc) is 2.56. The highest BCUT2D eigenvalue weighted by molar-refractivity contribution is 5.26. The Kier molecular flexibility index (Phi) is 4.14. The van der Waals surface area contributed by atoms with Crippen LogP contribution < -0.4 is 5.32 Å². The number of rotatable bonds is 5. The minimum absolute atomic E-state index is 0.937. The van der Waals surface area contributed by atoms with Crippen molar-refractivity contribution < 1.29 is 0 Å². The Morgan fingerprint density at radius 2 is 1.93 bits per heavy atom. The molecule has 0 spiro atoms. The first-order chi connectivity index (χ1) is 6.78. The molecule has 14 heavy (non-hydrogen) atoms. The third-order valence-corrected chi connectivity index (χ3v) is 2.57. The van der Waals surface area contributed by atoms with Crippen molar-refractivity contribution in [2.75, 3.05) is 7.05 Å². The van der Waals surface area contributed by atoms with E-state index in [1.807, 2.05) is 7.05 Å². The Morgan fingerprint density at radius 1 is 1.21 bits per heavy atom. The molecule has 0 aromatic carbocycles. The first kappa shape index (κ1) is 11.2. The van der Waals surface area contributed by atoms with Crippen molar-refractivity contribution in [3.8, 4) is 0 Å². The van der Waals surface area contributed by atoms with E-state index >= 15 is 0 Å². The Bertz CT molecular complexity index is 289. The van der Waals surface area contributed by atoms with E-state index in [0.717, 1.165) is 25.9 Å². The van der Waals surface area contributed by atoms with Gasteiger partial charge in [-0.1, -0.05) is 13.8 Å². The van der Waals surface area contributed by atoms with Crippen LogP contribution in [-0.2, 0) is 25.9 Å². The number of hydrogen-bond acceptors (Lipinski definition) is 2. The lowest BCUT2D eigenvalue weighted by Crippen LogP contribution is -2.09. The summed E-state index contributed by atoms with van der Waals surface area (Å²) in [5.41, 5.74) is 4.04. The highest BCUT2D eigenvalue weighted by Gasteiger charge is 2.13. The fraction of sp³-hybridized carbons (Fsp3) is 0.727. The molecular formula is C11H21N3. The van der Waals surface area contributed by atoms with E-state index in [-0.39, 0.29) is 0 Å². The first-order valence-corrected chi connectivity index (χ1v) is 5.50. The number of nitrogens with one attached hydrogen (secondary N) is 1. The summed E-state index contributed by atoms with van der Waals surface area (Å²) in [6, 6.07) is 0. The van der Waals surface area contributed by atoms with Gasteiger partial charge in [0.25, 0.3) is 0 Å². The van der Waals surface area contributed by atoms with Crippen LogP contribution in [0.3, 0.4) is 0 Å². The van der Waals surface area contributed by atoms with Gasteiger partial charge in [0.1, 0.15) is 0 Å². The lowest BCUT2D eigenvalue weighted by atomic mass is 10.1. The third kappa shape index (κ3) is 1.98. The fourth-order valence-electron chi connectivity index (χ4n) is 1.91. The number of hydrogen-bond donors (Lipinski definition) is 1. The van der Waals surface area contributed by atoms with Crippen molar-refractivity contribution in [1.82, 2.24) is 15.1 Å². The van der Waals surface area contributed by atoms with E-state index in [9.17, 15) is 0 Å². The average molecular weight is 195 g/mol. The van der Waals surface area contributed by atoms with Crippen LogP contribution in [0.5, 0.6) is 0 Å². The minimum Gasteiger partial charge on any atom is -0.316 e. The Hall–Kier alpha value is -0.830. The molecule has 1 N–H and O–H groups in total. The molecular weight excluding hydrogens is 174 g/mol. The summed E-state index contributed by atoms with van der Waals surface area (Å²) in [6.45, 7) is 8.42. The zero-order valence-corrected chi connectivity index (χ0v) is 9.72. The van der Waals surface area contributed by atoms with Gasteiger partial charge in [-0.2, -0.15) is 5.10 Å². The second-order valence-corrected chi connectivity index (χ2v) is 3.43. The van der Waals surface area contributed by atoms with Gasteiger partial charge >= 0.3 is 0 Å². The summed E-state index contributed by atoms with van der Waals surface area (Å²) >= 11 is 0. The predicted molar refractivity (Wildman–Crippen MR) is 59.4 cm³/mol. The molecule has 0 saturated carbocycles. The summed E-state index contributed by atoms with van der Waals surface area (Å²) in [5, 5.41) is 7.83. The molecule has 80 valence electrons. The Labute approximate surface area is 86.5 Å². The van der Waals surface area contributed by atoms with Gasteiger partial charge < -0.3 is 5.32 Å². The van der Waals surface area contributed by atoms with Gasteiger partial charge in [-0.05, 0) is 26.8 Å². The second kappa shape index (κ2) is 5.15. The highest BCUT2D eigenvalue weighted by Crippen LogP contribution is 2.15. The SMILES string of the molecule is CCc1nn(CC)c(CC)c1CNC. The van der Waals surface area contributed by atoms with E-state index in [1.165, 1.54) is 17.0 Å². The zero-order chi connectivity index (χ0) is 10.6. The molecule has 0 unspecified atom stereocenters. The van der Waals surface area contributed by atoms with Crippen LogP contribution >= 0.6 is 0 Å². The quantitative estimate of drug-likeness (QED) is 0.775. The molecule has 0 saturated heterocycles. The van der Waals surface area contributed by atoms with Gasteiger partial charge in [-0.15, -0.1) is 0 Å². The molecule has 3 heteroatoms. The summed E-state index contributed by atoms with van der Waals surface area (Å²) in [7, 11) is 1.99. The van der Waals surface area contributed by atoms with E-state index in [4.69, 9.17) is 0 Å². The number of aromatic nitrogens is 2. The first-order valence-electron chi connectivity index (χ1n) is 5.50. The van der Waals surface area contributed by atoms with Crippen molar-refractivity contribution in [3.05, 3.63) is 17.0 Å². The molecule has 1 rings (SSSR count). The van der Waals surface area contributed by atoms with Crippen LogP contribution in [0, 0.1) is 0 Å². The molecule has 1 aromatic heterocycles. The maximum atomic E-state index is 4.61. The van der Waals surface area contributed by atoms with E-state index in [2.05, 4.69) is 35.9 Å². The van der Waals surface area contributed by atoms with E-state index < -0.39 is 0 Å². The van der Waals surface area contributed by atoms with Crippen molar-refractivity contribution in [2.24, 2.45) is 0 Å². The minimum atomic E-state index is 0.937. The Morgan fingerprint density at radius 3 is 2.36 bits per heavy atom. The van der Waals surface area contributed by atoms with Crippen LogP contribution in [0.15, 0.2) is 0 Å². The van der Waals surface area contributed by atoms with Crippen molar-refractivity contribution in [1.29, 1.82) is 0 Å². The van der Waals surface area contributed by atoms with Gasteiger partial charge in [-0.3, -0.25) is 4.68 Å². The molecule has 0 bridgehead atoms. The number of nitrogens with zero attached hydrogens (tertiary/aromatic N) is 2. The Balaban J connectivity index is 3.11. The van der Waals surface area contributed by atoms with Crippen LogP contribution in [0.1, 0.15) is 37.7 Å². The van der Waals surface area contributed by atoms with Crippen molar-refractivity contribution in [3.63, 3.8) is 0 Å². The smallest absolute Gasteiger partial charge is 0.0669 e. The fourth-order valence-corrected chi connectivity index (χ4v) is 1.91. The van der Waals surface area contributed by atoms with E-state index in [0.29, 0.717) is 0 Å². The maximum absolute atomic E-state index is 4.61. The van der Waals surface area contributed by atoms with Gasteiger partial charge in [-0.25, -0.2) is 0 Å². The summed E-state index contributed by atoms with van der Waals surface area (Å²) in [4.78, 5) is 0. The molecule has 0 fully saturated rings.